The van der Waals surface area contributed by atoms with Crippen LogP contribution in [0.2, 0.25) is 0 Å². The summed E-state index contributed by atoms with van der Waals surface area (Å²) in [5, 5.41) is 5.62. The van der Waals surface area contributed by atoms with Crippen LogP contribution in [0.15, 0.2) is 24.5 Å². The Morgan fingerprint density at radius 3 is 3.20 bits per heavy atom. The highest BCUT2D eigenvalue weighted by Gasteiger charge is 2.43. The van der Waals surface area contributed by atoms with Gasteiger partial charge in [-0.15, -0.1) is 0 Å². The Morgan fingerprint density at radius 1 is 1.48 bits per heavy atom. The fraction of sp³-hybridized carbons (Fsp3) is 0.667. The standard InChI is InChI=1S/C18H28N4O3/c1-2-20-17(23)21-11-16-5-6-18(25-16)13-22(8-9-24-14-18)12-15-4-3-7-19-10-15/h3-4,7,10,16H,2,5-6,8-9,11-14H2,1H3,(H2,20,21,23). The summed E-state index contributed by atoms with van der Waals surface area (Å²) in [5.41, 5.74) is 0.929. The van der Waals surface area contributed by atoms with Gasteiger partial charge < -0.3 is 20.1 Å². The van der Waals surface area contributed by atoms with E-state index in [0.717, 1.165) is 32.5 Å². The Balaban J connectivity index is 1.54. The van der Waals surface area contributed by atoms with Crippen LogP contribution in [0.25, 0.3) is 0 Å². The molecule has 0 radical (unpaired) electrons. The molecule has 1 aromatic heterocycles. The van der Waals surface area contributed by atoms with Crippen LogP contribution in [0, 0.1) is 0 Å². The molecule has 0 aliphatic carbocycles. The Morgan fingerprint density at radius 2 is 2.40 bits per heavy atom. The monoisotopic (exact) mass is 348 g/mol. The van der Waals surface area contributed by atoms with Crippen molar-refractivity contribution in [2.75, 3.05) is 39.4 Å². The summed E-state index contributed by atoms with van der Waals surface area (Å²) >= 11 is 0. The summed E-state index contributed by atoms with van der Waals surface area (Å²) in [6.45, 7) is 6.99. The van der Waals surface area contributed by atoms with E-state index in [9.17, 15) is 4.79 Å². The van der Waals surface area contributed by atoms with E-state index in [1.54, 1.807) is 6.20 Å². The van der Waals surface area contributed by atoms with Crippen molar-refractivity contribution in [1.82, 2.24) is 20.5 Å². The first-order valence-electron chi connectivity index (χ1n) is 9.08. The quantitative estimate of drug-likeness (QED) is 0.835. The van der Waals surface area contributed by atoms with Crippen LogP contribution < -0.4 is 10.6 Å². The zero-order valence-corrected chi connectivity index (χ0v) is 14.9. The molecule has 3 rings (SSSR count). The number of carbonyl (C=O) groups is 1. The van der Waals surface area contributed by atoms with E-state index in [1.807, 2.05) is 19.2 Å². The summed E-state index contributed by atoms with van der Waals surface area (Å²) in [7, 11) is 0. The zero-order chi connectivity index (χ0) is 17.5. The molecule has 2 aliphatic heterocycles. The number of nitrogens with one attached hydrogen (secondary N) is 2. The van der Waals surface area contributed by atoms with Gasteiger partial charge in [0.15, 0.2) is 0 Å². The second-order valence-electron chi connectivity index (χ2n) is 6.83. The number of pyridine rings is 1. The summed E-state index contributed by atoms with van der Waals surface area (Å²) in [5.74, 6) is 0. The largest absolute Gasteiger partial charge is 0.377 e. The average Bonchev–Trinajstić information content (AvgIpc) is 2.90. The Hall–Kier alpha value is -1.70. The van der Waals surface area contributed by atoms with Crippen molar-refractivity contribution in [3.8, 4) is 0 Å². The van der Waals surface area contributed by atoms with Crippen LogP contribution >= 0.6 is 0 Å². The molecule has 2 atom stereocenters. The molecule has 7 nitrogen and oxygen atoms in total. The van der Waals surface area contributed by atoms with Gasteiger partial charge >= 0.3 is 6.03 Å². The molecule has 0 bridgehead atoms. The van der Waals surface area contributed by atoms with E-state index in [-0.39, 0.29) is 17.7 Å². The van der Waals surface area contributed by atoms with E-state index in [0.29, 0.717) is 26.3 Å². The van der Waals surface area contributed by atoms with Crippen LogP contribution in [0.5, 0.6) is 0 Å². The maximum Gasteiger partial charge on any atom is 0.314 e. The minimum absolute atomic E-state index is 0.0459. The van der Waals surface area contributed by atoms with Crippen LogP contribution in [-0.4, -0.2) is 67.0 Å². The number of amides is 2. The highest BCUT2D eigenvalue weighted by atomic mass is 16.6. The minimum atomic E-state index is -0.272. The second-order valence-corrected chi connectivity index (χ2v) is 6.83. The van der Waals surface area contributed by atoms with Gasteiger partial charge in [0.25, 0.3) is 0 Å². The van der Waals surface area contributed by atoms with E-state index in [2.05, 4.69) is 26.6 Å². The first-order valence-corrected chi connectivity index (χ1v) is 9.08. The number of rotatable bonds is 5. The zero-order valence-electron chi connectivity index (χ0n) is 14.9. The van der Waals surface area contributed by atoms with Gasteiger partial charge in [-0.3, -0.25) is 9.88 Å². The molecule has 2 amide bonds. The maximum atomic E-state index is 11.6. The third kappa shape index (κ3) is 5.14. The lowest BCUT2D eigenvalue weighted by Gasteiger charge is -2.32. The molecule has 2 saturated heterocycles. The first kappa shape index (κ1) is 18.1. The van der Waals surface area contributed by atoms with Gasteiger partial charge in [0.2, 0.25) is 0 Å². The fourth-order valence-corrected chi connectivity index (χ4v) is 3.56. The Kier molecular flexibility index (Phi) is 6.23. The normalized spacial score (nSPS) is 27.2. The van der Waals surface area contributed by atoms with Gasteiger partial charge in [0.05, 0.1) is 19.3 Å². The van der Waals surface area contributed by atoms with Crippen molar-refractivity contribution in [3.63, 3.8) is 0 Å². The third-order valence-corrected chi connectivity index (χ3v) is 4.72. The summed E-state index contributed by atoms with van der Waals surface area (Å²) < 4.78 is 12.2. The van der Waals surface area contributed by atoms with E-state index < -0.39 is 0 Å². The Bertz CT molecular complexity index is 557. The molecule has 138 valence electrons. The number of aromatic nitrogens is 1. The highest BCUT2D eigenvalue weighted by molar-refractivity contribution is 5.73. The van der Waals surface area contributed by atoms with E-state index >= 15 is 0 Å². The molecule has 0 aromatic carbocycles. The lowest BCUT2D eigenvalue weighted by molar-refractivity contribution is -0.0847. The molecule has 25 heavy (non-hydrogen) atoms. The SMILES string of the molecule is CCNC(=O)NCC1CCC2(COCCN(Cc3cccnc3)C2)O1. The molecule has 1 spiro atoms. The van der Waals surface area contributed by atoms with Gasteiger partial charge in [0.1, 0.15) is 5.60 Å². The van der Waals surface area contributed by atoms with E-state index in [1.165, 1.54) is 5.56 Å². The molecule has 1 aromatic rings. The van der Waals surface area contributed by atoms with E-state index in [4.69, 9.17) is 9.47 Å². The van der Waals surface area contributed by atoms with Crippen LogP contribution in [0.4, 0.5) is 4.79 Å². The average molecular weight is 348 g/mol. The predicted molar refractivity (Wildman–Crippen MR) is 94.2 cm³/mol. The lowest BCUT2D eigenvalue weighted by atomic mass is 10.00. The minimum Gasteiger partial charge on any atom is -0.377 e. The topological polar surface area (TPSA) is 75.7 Å². The third-order valence-electron chi connectivity index (χ3n) is 4.72. The van der Waals surface area contributed by atoms with Crippen LogP contribution in [0.3, 0.4) is 0 Å². The molecule has 2 aliphatic rings. The number of urea groups is 1. The number of hydrogen-bond donors (Lipinski definition) is 2. The summed E-state index contributed by atoms with van der Waals surface area (Å²) in [6, 6.07) is 3.93. The first-order chi connectivity index (χ1) is 12.2. The predicted octanol–water partition coefficient (Wildman–Crippen LogP) is 1.15. The number of hydrogen-bond acceptors (Lipinski definition) is 5. The molecular formula is C18H28N4O3. The van der Waals surface area contributed by atoms with Crippen molar-refractivity contribution in [1.29, 1.82) is 0 Å². The van der Waals surface area contributed by atoms with Crippen molar-refractivity contribution in [3.05, 3.63) is 30.1 Å². The molecular weight excluding hydrogens is 320 g/mol. The van der Waals surface area contributed by atoms with Crippen molar-refractivity contribution in [2.24, 2.45) is 0 Å². The van der Waals surface area contributed by atoms with Gasteiger partial charge in [-0.1, -0.05) is 6.07 Å². The molecule has 2 N–H and O–H groups in total. The fourth-order valence-electron chi connectivity index (χ4n) is 3.56. The number of nitrogens with zero attached hydrogens (tertiary/aromatic N) is 2. The molecule has 0 saturated carbocycles. The highest BCUT2D eigenvalue weighted by Crippen LogP contribution is 2.33. The van der Waals surface area contributed by atoms with Crippen molar-refractivity contribution in [2.45, 2.75) is 38.0 Å². The lowest BCUT2D eigenvalue weighted by Crippen LogP contribution is -2.46. The van der Waals surface area contributed by atoms with Gasteiger partial charge in [0, 0.05) is 45.1 Å². The Labute approximate surface area is 149 Å². The number of ether oxygens (including phenoxy) is 2. The summed E-state index contributed by atoms with van der Waals surface area (Å²) in [4.78, 5) is 18.1. The molecule has 2 fully saturated rings. The van der Waals surface area contributed by atoms with Crippen LogP contribution in [-0.2, 0) is 16.0 Å². The summed E-state index contributed by atoms with van der Waals surface area (Å²) in [6.07, 6.45) is 5.65. The molecule has 3 heterocycles. The smallest absolute Gasteiger partial charge is 0.314 e. The van der Waals surface area contributed by atoms with Gasteiger partial charge in [-0.2, -0.15) is 0 Å². The van der Waals surface area contributed by atoms with Crippen LogP contribution in [0.1, 0.15) is 25.3 Å². The van der Waals surface area contributed by atoms with Crippen molar-refractivity contribution < 1.29 is 14.3 Å². The molecule has 7 heteroatoms. The van der Waals surface area contributed by atoms with Crippen molar-refractivity contribution >= 4 is 6.03 Å². The maximum absolute atomic E-state index is 11.6. The number of carbonyl (C=O) groups excluding carboxylic acids is 1. The van der Waals surface area contributed by atoms with Gasteiger partial charge in [-0.05, 0) is 31.4 Å². The van der Waals surface area contributed by atoms with Gasteiger partial charge in [-0.25, -0.2) is 4.79 Å². The second kappa shape index (κ2) is 8.60. The molecule has 2 unspecified atom stereocenters.